The zero-order valence-corrected chi connectivity index (χ0v) is 22.0. The first-order valence-electron chi connectivity index (χ1n) is 11.7. The van der Waals surface area contributed by atoms with Crippen molar-refractivity contribution in [2.75, 3.05) is 62.8 Å². The van der Waals surface area contributed by atoms with Crippen LogP contribution in [0.3, 0.4) is 0 Å². The van der Waals surface area contributed by atoms with E-state index >= 15 is 0 Å². The number of methoxy groups -OCH3 is 1. The molecular weight excluding hydrogens is 520 g/mol. The highest BCUT2D eigenvalue weighted by molar-refractivity contribution is 9.09. The molecule has 1 saturated heterocycles. The molecule has 1 aliphatic carbocycles. The number of ether oxygens (including phenoxy) is 1. The summed E-state index contributed by atoms with van der Waals surface area (Å²) in [7, 11) is 3.33. The molecule has 2 atom stereocenters. The Morgan fingerprint density at radius 3 is 2.68 bits per heavy atom. The van der Waals surface area contributed by atoms with Crippen LogP contribution in [0.25, 0.3) is 0 Å². The predicted octanol–water partition coefficient (Wildman–Crippen LogP) is 4.49. The molecule has 1 saturated carbocycles. The van der Waals surface area contributed by atoms with Crippen LogP contribution in [0, 0.1) is 11.8 Å². The summed E-state index contributed by atoms with van der Waals surface area (Å²) >= 11 is 9.69. The fraction of sp³-hybridized carbons (Fsp3) is 0.542. The first kappa shape index (κ1) is 25.0. The summed E-state index contributed by atoms with van der Waals surface area (Å²) in [6.45, 7) is 4.52. The van der Waals surface area contributed by atoms with Crippen molar-refractivity contribution in [1.82, 2.24) is 19.8 Å². The molecule has 2 N–H and O–H groups in total. The van der Waals surface area contributed by atoms with Crippen LogP contribution in [0.4, 0.5) is 17.5 Å². The molecule has 0 radical (unpaired) electrons. The van der Waals surface area contributed by atoms with Crippen LogP contribution in [0.1, 0.15) is 29.6 Å². The molecule has 2 aromatic rings. The molecule has 4 rings (SSSR count). The number of anilines is 3. The van der Waals surface area contributed by atoms with Gasteiger partial charge in [0.25, 0.3) is 5.91 Å². The molecule has 0 bridgehead atoms. The van der Waals surface area contributed by atoms with Crippen molar-refractivity contribution in [2.45, 2.75) is 19.3 Å². The number of hydrogen-bond acceptors (Lipinski definition) is 7. The number of benzene rings is 1. The normalized spacial score (nSPS) is 20.9. The van der Waals surface area contributed by atoms with Gasteiger partial charge in [0.2, 0.25) is 5.95 Å². The van der Waals surface area contributed by atoms with Gasteiger partial charge in [0, 0.05) is 50.7 Å². The maximum absolute atomic E-state index is 13.2. The monoisotopic (exact) mass is 550 g/mol. The standard InChI is InChI=1S/C24H32BrClN6O2/c1-27-22-19(26)14-28-24(30-22)29-20-6-5-18(12-21(20)34-2)23(33)32-9-7-31(8-10-32)15-17-4-3-16(11-17)13-25/h5-6,12,14,16-17H,3-4,7-11,13,15H2,1-2H3,(H2,27,28,29,30)/t16-,17-/m0/s1. The van der Waals surface area contributed by atoms with E-state index in [-0.39, 0.29) is 5.91 Å². The molecular formula is C24H32BrClN6O2. The molecule has 0 spiro atoms. The highest BCUT2D eigenvalue weighted by Gasteiger charge is 2.28. The zero-order valence-electron chi connectivity index (χ0n) is 19.7. The van der Waals surface area contributed by atoms with Gasteiger partial charge in [-0.2, -0.15) is 4.98 Å². The molecule has 34 heavy (non-hydrogen) atoms. The highest BCUT2D eigenvalue weighted by Crippen LogP contribution is 2.33. The van der Waals surface area contributed by atoms with Crippen molar-refractivity contribution in [2.24, 2.45) is 11.8 Å². The number of hydrogen-bond donors (Lipinski definition) is 2. The molecule has 1 aromatic carbocycles. The molecule has 10 heteroatoms. The second-order valence-electron chi connectivity index (χ2n) is 8.97. The lowest BCUT2D eigenvalue weighted by atomic mass is 10.1. The van der Waals surface area contributed by atoms with E-state index in [2.05, 4.69) is 41.4 Å². The third-order valence-electron chi connectivity index (χ3n) is 6.72. The number of carbonyl (C=O) groups excluding carboxylic acids is 1. The van der Waals surface area contributed by atoms with Gasteiger partial charge >= 0.3 is 0 Å². The minimum atomic E-state index is 0.0323. The van der Waals surface area contributed by atoms with E-state index in [0.29, 0.717) is 33.8 Å². The minimum Gasteiger partial charge on any atom is -0.495 e. The summed E-state index contributed by atoms with van der Waals surface area (Å²) in [5, 5.41) is 7.62. The first-order chi connectivity index (χ1) is 16.5. The van der Waals surface area contributed by atoms with Crippen LogP contribution in [0.2, 0.25) is 5.02 Å². The van der Waals surface area contributed by atoms with Gasteiger partial charge in [-0.3, -0.25) is 9.69 Å². The largest absolute Gasteiger partial charge is 0.495 e. The average molecular weight is 552 g/mol. The SMILES string of the molecule is CNc1nc(Nc2ccc(C(=O)N3CCN(C[C@H]4CC[C@H](CBr)C4)CC3)cc2OC)ncc1Cl. The molecule has 1 aromatic heterocycles. The Bertz CT molecular complexity index is 1000. The van der Waals surface area contributed by atoms with Crippen molar-refractivity contribution in [3.8, 4) is 5.75 Å². The zero-order chi connectivity index (χ0) is 24.1. The summed E-state index contributed by atoms with van der Waals surface area (Å²) in [5.41, 5.74) is 1.28. The fourth-order valence-corrected chi connectivity index (χ4v) is 5.59. The van der Waals surface area contributed by atoms with Gasteiger partial charge in [-0.05, 0) is 49.3 Å². The summed E-state index contributed by atoms with van der Waals surface area (Å²) in [6, 6.07) is 5.40. The molecule has 0 unspecified atom stereocenters. The Morgan fingerprint density at radius 2 is 2.00 bits per heavy atom. The third kappa shape index (κ3) is 5.93. The molecule has 1 aliphatic heterocycles. The highest BCUT2D eigenvalue weighted by atomic mass is 79.9. The Kier molecular flexibility index (Phi) is 8.50. The number of aromatic nitrogens is 2. The van der Waals surface area contributed by atoms with E-state index in [9.17, 15) is 4.79 Å². The van der Waals surface area contributed by atoms with E-state index < -0.39 is 0 Å². The minimum absolute atomic E-state index is 0.0323. The van der Waals surface area contributed by atoms with Crippen LogP contribution >= 0.6 is 27.5 Å². The number of nitrogens with one attached hydrogen (secondary N) is 2. The Balaban J connectivity index is 1.35. The summed E-state index contributed by atoms with van der Waals surface area (Å²) in [5.74, 6) is 3.12. The Labute approximate surface area is 214 Å². The van der Waals surface area contributed by atoms with Crippen LogP contribution in [0.15, 0.2) is 24.4 Å². The maximum Gasteiger partial charge on any atom is 0.254 e. The van der Waals surface area contributed by atoms with Gasteiger partial charge < -0.3 is 20.3 Å². The van der Waals surface area contributed by atoms with Gasteiger partial charge in [-0.25, -0.2) is 4.98 Å². The summed E-state index contributed by atoms with van der Waals surface area (Å²) in [4.78, 5) is 26.2. The Morgan fingerprint density at radius 1 is 1.24 bits per heavy atom. The predicted molar refractivity (Wildman–Crippen MR) is 140 cm³/mol. The Hall–Kier alpha value is -2.10. The van der Waals surface area contributed by atoms with Crippen molar-refractivity contribution >= 4 is 50.9 Å². The van der Waals surface area contributed by atoms with Gasteiger partial charge in [-0.1, -0.05) is 27.5 Å². The number of rotatable bonds is 8. The van der Waals surface area contributed by atoms with E-state index in [1.165, 1.54) is 25.5 Å². The fourth-order valence-electron chi connectivity index (χ4n) is 4.82. The van der Waals surface area contributed by atoms with E-state index in [1.54, 1.807) is 20.2 Å². The molecule has 184 valence electrons. The topological polar surface area (TPSA) is 82.6 Å². The lowest BCUT2D eigenvalue weighted by molar-refractivity contribution is 0.0617. The van der Waals surface area contributed by atoms with E-state index in [0.717, 1.165) is 49.9 Å². The summed E-state index contributed by atoms with van der Waals surface area (Å²) < 4.78 is 5.54. The molecule has 2 fully saturated rings. The van der Waals surface area contributed by atoms with Crippen LogP contribution in [-0.4, -0.2) is 77.9 Å². The molecule has 2 heterocycles. The van der Waals surface area contributed by atoms with E-state index in [1.807, 2.05) is 17.0 Å². The number of nitrogens with zero attached hydrogens (tertiary/aromatic N) is 4. The van der Waals surface area contributed by atoms with Crippen molar-refractivity contribution in [3.05, 3.63) is 35.0 Å². The molecule has 2 aliphatic rings. The molecule has 1 amide bonds. The third-order valence-corrected chi connectivity index (χ3v) is 7.91. The summed E-state index contributed by atoms with van der Waals surface area (Å²) in [6.07, 6.45) is 5.51. The van der Waals surface area contributed by atoms with Crippen molar-refractivity contribution in [1.29, 1.82) is 0 Å². The van der Waals surface area contributed by atoms with Gasteiger partial charge in [0.1, 0.15) is 16.6 Å². The number of carbonyl (C=O) groups is 1. The van der Waals surface area contributed by atoms with Crippen LogP contribution < -0.4 is 15.4 Å². The van der Waals surface area contributed by atoms with Crippen LogP contribution in [0.5, 0.6) is 5.75 Å². The number of piperazine rings is 1. The lowest BCUT2D eigenvalue weighted by Gasteiger charge is -2.36. The second-order valence-corrected chi connectivity index (χ2v) is 10.0. The number of alkyl halides is 1. The van der Waals surface area contributed by atoms with Crippen molar-refractivity contribution in [3.63, 3.8) is 0 Å². The van der Waals surface area contributed by atoms with E-state index in [4.69, 9.17) is 16.3 Å². The van der Waals surface area contributed by atoms with Gasteiger partial charge in [0.05, 0.1) is 19.0 Å². The second kappa shape index (κ2) is 11.6. The maximum atomic E-state index is 13.2. The smallest absolute Gasteiger partial charge is 0.254 e. The average Bonchev–Trinajstić information content (AvgIpc) is 3.33. The number of amides is 1. The quantitative estimate of drug-likeness (QED) is 0.468. The van der Waals surface area contributed by atoms with Gasteiger partial charge in [0.15, 0.2) is 0 Å². The lowest BCUT2D eigenvalue weighted by Crippen LogP contribution is -2.49. The number of halogens is 2. The first-order valence-corrected chi connectivity index (χ1v) is 13.2. The van der Waals surface area contributed by atoms with Crippen LogP contribution in [-0.2, 0) is 0 Å². The van der Waals surface area contributed by atoms with Crippen molar-refractivity contribution < 1.29 is 9.53 Å². The molecule has 8 nitrogen and oxygen atoms in total. The van der Waals surface area contributed by atoms with Gasteiger partial charge in [-0.15, -0.1) is 0 Å².